The fourth-order valence-electron chi connectivity index (χ4n) is 2.94. The topological polar surface area (TPSA) is 78.8 Å². The molecule has 0 amide bonds. The Kier molecular flexibility index (Phi) is 5.51. The Morgan fingerprint density at radius 3 is 2.84 bits per heavy atom. The maximum atomic E-state index is 14.4. The van der Waals surface area contributed by atoms with E-state index in [4.69, 9.17) is 4.74 Å². The van der Waals surface area contributed by atoms with Crippen molar-refractivity contribution in [3.63, 3.8) is 0 Å². The lowest BCUT2D eigenvalue weighted by Crippen LogP contribution is -2.14. The maximum absolute atomic E-state index is 14.4. The smallest absolute Gasteiger partial charge is 0.270 e. The lowest BCUT2D eigenvalue weighted by atomic mass is 10.1. The third kappa shape index (κ3) is 3.91. The number of thioether (sulfide) groups is 1. The van der Waals surface area contributed by atoms with Gasteiger partial charge in [0.05, 0.1) is 18.4 Å². The molecule has 3 rings (SSSR count). The van der Waals surface area contributed by atoms with Crippen LogP contribution < -0.4 is 5.56 Å². The lowest BCUT2D eigenvalue weighted by Gasteiger charge is -2.12. The predicted molar refractivity (Wildman–Crippen MR) is 93.8 cm³/mol. The molecular formula is C18H18FN3O2S. The average molecular weight is 359 g/mol. The quantitative estimate of drug-likeness (QED) is 0.651. The van der Waals surface area contributed by atoms with E-state index in [9.17, 15) is 14.4 Å². The van der Waals surface area contributed by atoms with Gasteiger partial charge >= 0.3 is 0 Å². The van der Waals surface area contributed by atoms with Gasteiger partial charge in [0.2, 0.25) is 0 Å². The van der Waals surface area contributed by atoms with Crippen LogP contribution in [0.1, 0.15) is 36.8 Å². The monoisotopic (exact) mass is 359 g/mol. The molecular weight excluding hydrogens is 341 g/mol. The summed E-state index contributed by atoms with van der Waals surface area (Å²) in [6, 6.07) is 6.45. The van der Waals surface area contributed by atoms with E-state index >= 15 is 0 Å². The normalized spacial score (nSPS) is 14.6. The summed E-state index contributed by atoms with van der Waals surface area (Å²) >= 11 is 1.25. The zero-order valence-electron chi connectivity index (χ0n) is 13.8. The Morgan fingerprint density at radius 1 is 1.44 bits per heavy atom. The van der Waals surface area contributed by atoms with Crippen molar-refractivity contribution in [2.45, 2.75) is 43.6 Å². The maximum Gasteiger partial charge on any atom is 0.270 e. The first-order valence-corrected chi connectivity index (χ1v) is 9.33. The summed E-state index contributed by atoms with van der Waals surface area (Å²) in [6.07, 6.45) is 6.35. The molecule has 1 aliphatic carbocycles. The number of nitrogens with zero attached hydrogens (tertiary/aromatic N) is 2. The van der Waals surface area contributed by atoms with E-state index < -0.39 is 11.4 Å². The Labute approximate surface area is 149 Å². The van der Waals surface area contributed by atoms with Gasteiger partial charge in [-0.15, -0.1) is 0 Å². The van der Waals surface area contributed by atoms with Gasteiger partial charge in [0.15, 0.2) is 5.16 Å². The van der Waals surface area contributed by atoms with E-state index in [2.05, 4.69) is 9.97 Å². The number of benzene rings is 1. The van der Waals surface area contributed by atoms with E-state index in [0.29, 0.717) is 16.3 Å². The first kappa shape index (κ1) is 17.6. The van der Waals surface area contributed by atoms with Crippen molar-refractivity contribution in [2.24, 2.45) is 0 Å². The van der Waals surface area contributed by atoms with E-state index in [-0.39, 0.29) is 24.0 Å². The van der Waals surface area contributed by atoms with Crippen molar-refractivity contribution in [3.05, 3.63) is 45.5 Å². The molecule has 1 heterocycles. The molecule has 5 nitrogen and oxygen atoms in total. The molecule has 25 heavy (non-hydrogen) atoms. The summed E-state index contributed by atoms with van der Waals surface area (Å²) in [5.74, 6) is -0.424. The number of aromatic nitrogens is 2. The highest BCUT2D eigenvalue weighted by Crippen LogP contribution is 2.26. The van der Waals surface area contributed by atoms with Gasteiger partial charge in [0.1, 0.15) is 17.4 Å². The molecule has 0 atom stereocenters. The van der Waals surface area contributed by atoms with Crippen molar-refractivity contribution >= 4 is 11.8 Å². The van der Waals surface area contributed by atoms with Crippen molar-refractivity contribution in [1.82, 2.24) is 9.97 Å². The van der Waals surface area contributed by atoms with Crippen LogP contribution in [0.25, 0.3) is 11.3 Å². The number of nitrogens with one attached hydrogen (secondary N) is 1. The van der Waals surface area contributed by atoms with Crippen molar-refractivity contribution in [3.8, 4) is 17.3 Å². The van der Waals surface area contributed by atoms with E-state index in [1.54, 1.807) is 18.4 Å². The van der Waals surface area contributed by atoms with Gasteiger partial charge in [-0.05, 0) is 25.2 Å². The van der Waals surface area contributed by atoms with Gasteiger partial charge in [0, 0.05) is 11.1 Å². The number of rotatable bonds is 5. The van der Waals surface area contributed by atoms with Crippen molar-refractivity contribution in [2.75, 3.05) is 6.26 Å². The third-order valence-electron chi connectivity index (χ3n) is 4.31. The van der Waals surface area contributed by atoms with Crippen molar-refractivity contribution < 1.29 is 9.13 Å². The summed E-state index contributed by atoms with van der Waals surface area (Å²) in [5.41, 5.74) is 0.417. The van der Waals surface area contributed by atoms with Crippen LogP contribution in [0.4, 0.5) is 4.39 Å². The molecule has 0 spiro atoms. The molecule has 1 aliphatic rings. The van der Waals surface area contributed by atoms with Gasteiger partial charge in [-0.3, -0.25) is 4.79 Å². The number of ether oxygens (including phenoxy) is 1. The highest BCUT2D eigenvalue weighted by Gasteiger charge is 2.18. The first-order chi connectivity index (χ1) is 12.1. The van der Waals surface area contributed by atoms with Gasteiger partial charge < -0.3 is 9.72 Å². The fourth-order valence-corrected chi connectivity index (χ4v) is 3.31. The van der Waals surface area contributed by atoms with Crippen LogP contribution in [-0.2, 0) is 11.3 Å². The fraction of sp³-hybridized carbons (Fsp3) is 0.389. The molecule has 0 saturated heterocycles. The standard InChI is InChI=1S/C18H18FN3O2S/c1-25-18-21-16(14(9-20)17(23)22-18)11-6-7-12(15(19)8-11)10-24-13-4-2-3-5-13/h6-8,13H,2-5,10H2,1H3,(H,21,22,23). The number of hydrogen-bond acceptors (Lipinski definition) is 5. The van der Waals surface area contributed by atoms with E-state index in [1.165, 1.54) is 17.8 Å². The van der Waals surface area contributed by atoms with Gasteiger partial charge in [0.25, 0.3) is 5.56 Å². The second-order valence-corrected chi connectivity index (χ2v) is 6.73. The van der Waals surface area contributed by atoms with Crippen LogP contribution in [-0.4, -0.2) is 22.3 Å². The summed E-state index contributed by atoms with van der Waals surface area (Å²) < 4.78 is 20.2. The Bertz CT molecular complexity index is 870. The minimum Gasteiger partial charge on any atom is -0.373 e. The lowest BCUT2D eigenvalue weighted by molar-refractivity contribution is 0.0441. The van der Waals surface area contributed by atoms with Crippen LogP contribution in [0.15, 0.2) is 28.2 Å². The van der Waals surface area contributed by atoms with Crippen LogP contribution in [0.5, 0.6) is 0 Å². The van der Waals surface area contributed by atoms with E-state index in [1.807, 2.05) is 6.07 Å². The summed E-state index contributed by atoms with van der Waals surface area (Å²) in [7, 11) is 0. The molecule has 2 aromatic rings. The molecule has 1 aromatic carbocycles. The summed E-state index contributed by atoms with van der Waals surface area (Å²) in [6.45, 7) is 0.223. The van der Waals surface area contributed by atoms with Crippen LogP contribution >= 0.6 is 11.8 Å². The minimum absolute atomic E-state index is 0.118. The number of H-pyrrole nitrogens is 1. The average Bonchev–Trinajstić information content (AvgIpc) is 3.13. The van der Waals surface area contributed by atoms with Gasteiger partial charge in [-0.25, -0.2) is 9.37 Å². The molecule has 0 bridgehead atoms. The van der Waals surface area contributed by atoms with Crippen LogP contribution in [0.3, 0.4) is 0 Å². The molecule has 1 aromatic heterocycles. The second kappa shape index (κ2) is 7.81. The zero-order chi connectivity index (χ0) is 17.8. The van der Waals surface area contributed by atoms with Gasteiger partial charge in [-0.1, -0.05) is 36.7 Å². The molecule has 0 unspecified atom stereocenters. The molecule has 0 radical (unpaired) electrons. The van der Waals surface area contributed by atoms with Crippen molar-refractivity contribution in [1.29, 1.82) is 5.26 Å². The Balaban J connectivity index is 1.89. The summed E-state index contributed by atoms with van der Waals surface area (Å²) in [5, 5.41) is 9.61. The number of nitriles is 1. The predicted octanol–water partition coefficient (Wildman–Crippen LogP) is 3.63. The number of aromatic amines is 1. The first-order valence-electron chi connectivity index (χ1n) is 8.11. The van der Waals surface area contributed by atoms with Gasteiger partial charge in [-0.2, -0.15) is 5.26 Å². The van der Waals surface area contributed by atoms with E-state index in [0.717, 1.165) is 25.7 Å². The highest BCUT2D eigenvalue weighted by atomic mass is 32.2. The summed E-state index contributed by atoms with van der Waals surface area (Å²) in [4.78, 5) is 18.8. The Morgan fingerprint density at radius 2 is 2.20 bits per heavy atom. The highest BCUT2D eigenvalue weighted by molar-refractivity contribution is 7.98. The zero-order valence-corrected chi connectivity index (χ0v) is 14.7. The second-order valence-electron chi connectivity index (χ2n) is 5.93. The van der Waals surface area contributed by atoms with Crippen LogP contribution in [0.2, 0.25) is 0 Å². The molecule has 1 saturated carbocycles. The molecule has 1 fully saturated rings. The molecule has 0 aliphatic heterocycles. The number of halogens is 1. The largest absolute Gasteiger partial charge is 0.373 e. The third-order valence-corrected chi connectivity index (χ3v) is 4.89. The molecule has 7 heteroatoms. The van der Waals surface area contributed by atoms with Crippen LogP contribution in [0, 0.1) is 17.1 Å². The molecule has 130 valence electrons. The number of hydrogen-bond donors (Lipinski definition) is 1. The SMILES string of the molecule is CSc1nc(-c2ccc(COC3CCCC3)c(F)c2)c(C#N)c(=O)[nH]1. The molecule has 1 N–H and O–H groups in total. The minimum atomic E-state index is -0.522. The Hall–Kier alpha value is -2.17.